The molecule has 0 aliphatic heterocycles. The maximum Gasteiger partial charge on any atom is 0.131 e. The van der Waals surface area contributed by atoms with E-state index in [1.807, 2.05) is 22.8 Å². The number of rotatable bonds is 3. The monoisotopic (exact) mass is 405 g/mol. The number of hydrogen-bond acceptors (Lipinski definition) is 3. The zero-order chi connectivity index (χ0) is 20.8. The van der Waals surface area contributed by atoms with E-state index in [0.717, 1.165) is 16.6 Å². The van der Waals surface area contributed by atoms with Crippen LogP contribution in [-0.4, -0.2) is 14.7 Å². The molecular formula is C23H17ClFN3O. The molecule has 1 heterocycles. The normalized spacial score (nSPS) is 11.6. The van der Waals surface area contributed by atoms with Crippen LogP contribution in [0.15, 0.2) is 60.9 Å². The fraction of sp³-hybridized carbons (Fsp3) is 0.130. The molecule has 6 heteroatoms. The second-order valence-electron chi connectivity index (χ2n) is 7.35. The molecule has 144 valence electrons. The average molecular weight is 406 g/mol. The van der Waals surface area contributed by atoms with E-state index in [-0.39, 0.29) is 0 Å². The highest BCUT2D eigenvalue weighted by Crippen LogP contribution is 2.33. The molecule has 1 N–H and O–H groups in total. The van der Waals surface area contributed by atoms with E-state index >= 15 is 0 Å². The van der Waals surface area contributed by atoms with Crippen molar-refractivity contribution in [2.24, 2.45) is 0 Å². The minimum Gasteiger partial charge on any atom is -0.386 e. The fourth-order valence-electron chi connectivity index (χ4n) is 3.27. The van der Waals surface area contributed by atoms with Crippen molar-refractivity contribution in [3.05, 3.63) is 82.9 Å². The Balaban J connectivity index is 1.86. The Kier molecular flexibility index (Phi) is 4.62. The highest BCUT2D eigenvalue weighted by molar-refractivity contribution is 6.33. The van der Waals surface area contributed by atoms with Crippen molar-refractivity contribution < 1.29 is 9.50 Å². The molecule has 4 rings (SSSR count). The number of halogens is 2. The lowest BCUT2D eigenvalue weighted by atomic mass is 9.98. The van der Waals surface area contributed by atoms with Gasteiger partial charge in [-0.2, -0.15) is 5.26 Å². The van der Waals surface area contributed by atoms with Crippen LogP contribution in [0.5, 0.6) is 0 Å². The third-order valence-electron chi connectivity index (χ3n) is 4.87. The summed E-state index contributed by atoms with van der Waals surface area (Å²) in [7, 11) is 0. The van der Waals surface area contributed by atoms with Gasteiger partial charge in [0, 0.05) is 21.8 Å². The van der Waals surface area contributed by atoms with Crippen LogP contribution < -0.4 is 0 Å². The molecule has 0 aliphatic rings. The second-order valence-corrected chi connectivity index (χ2v) is 7.75. The van der Waals surface area contributed by atoms with Crippen LogP contribution in [0.3, 0.4) is 0 Å². The summed E-state index contributed by atoms with van der Waals surface area (Å²) in [6.07, 6.45) is 1.66. The maximum atomic E-state index is 14.6. The van der Waals surface area contributed by atoms with Crippen LogP contribution in [-0.2, 0) is 5.60 Å². The average Bonchev–Trinajstić information content (AvgIpc) is 3.12. The predicted molar refractivity (Wildman–Crippen MR) is 111 cm³/mol. The van der Waals surface area contributed by atoms with Crippen molar-refractivity contribution >= 4 is 22.6 Å². The topological polar surface area (TPSA) is 61.8 Å². The minimum atomic E-state index is -0.969. The molecule has 4 aromatic rings. The van der Waals surface area contributed by atoms with Crippen molar-refractivity contribution in [3.8, 4) is 22.9 Å². The Labute approximate surface area is 172 Å². The SMILES string of the molecule is CC(C)(O)c1ccc2c(c1)ncn2-c1ccc(F)c(-c2cc(C#N)ccc2Cl)c1. The van der Waals surface area contributed by atoms with E-state index in [9.17, 15) is 9.50 Å². The lowest BCUT2D eigenvalue weighted by molar-refractivity contribution is 0.0787. The standard InChI is InChI=1S/C23H17ClFN3O/c1-23(2,29)15-4-8-22-21(10-15)27-13-28(22)16-5-7-20(25)18(11-16)17-9-14(12-26)3-6-19(17)24/h3-11,13,29H,1-2H3. The van der Waals surface area contributed by atoms with E-state index in [0.29, 0.717) is 27.4 Å². The molecule has 0 bridgehead atoms. The van der Waals surface area contributed by atoms with Crippen molar-refractivity contribution in [3.63, 3.8) is 0 Å². The summed E-state index contributed by atoms with van der Waals surface area (Å²) in [4.78, 5) is 4.43. The molecule has 0 fully saturated rings. The van der Waals surface area contributed by atoms with Gasteiger partial charge in [-0.15, -0.1) is 0 Å². The summed E-state index contributed by atoms with van der Waals surface area (Å²) in [6.45, 7) is 3.44. The van der Waals surface area contributed by atoms with Crippen LogP contribution in [0.2, 0.25) is 5.02 Å². The van der Waals surface area contributed by atoms with Gasteiger partial charge in [0.2, 0.25) is 0 Å². The van der Waals surface area contributed by atoms with Gasteiger partial charge in [0.15, 0.2) is 0 Å². The Morgan fingerprint density at radius 1 is 1.07 bits per heavy atom. The van der Waals surface area contributed by atoms with Gasteiger partial charge in [-0.25, -0.2) is 9.37 Å². The highest BCUT2D eigenvalue weighted by atomic mass is 35.5. The number of nitrogens with zero attached hydrogens (tertiary/aromatic N) is 3. The Morgan fingerprint density at radius 2 is 1.86 bits per heavy atom. The zero-order valence-electron chi connectivity index (χ0n) is 15.8. The lowest BCUT2D eigenvalue weighted by Crippen LogP contribution is -2.15. The van der Waals surface area contributed by atoms with E-state index in [4.69, 9.17) is 16.9 Å². The lowest BCUT2D eigenvalue weighted by Gasteiger charge is -2.17. The number of imidazole rings is 1. The van der Waals surface area contributed by atoms with Gasteiger partial charge >= 0.3 is 0 Å². The van der Waals surface area contributed by atoms with Gasteiger partial charge in [0.1, 0.15) is 12.1 Å². The number of aromatic nitrogens is 2. The van der Waals surface area contributed by atoms with E-state index < -0.39 is 11.4 Å². The van der Waals surface area contributed by atoms with E-state index in [1.54, 1.807) is 50.5 Å². The summed E-state index contributed by atoms with van der Waals surface area (Å²) in [5.74, 6) is -0.431. The number of benzene rings is 3. The number of aliphatic hydroxyl groups is 1. The first kappa shape index (κ1) is 19.1. The first-order valence-electron chi connectivity index (χ1n) is 8.98. The second kappa shape index (κ2) is 7.00. The quantitative estimate of drug-likeness (QED) is 0.483. The molecule has 0 amide bonds. The molecule has 0 atom stereocenters. The summed E-state index contributed by atoms with van der Waals surface area (Å²) >= 11 is 6.27. The molecule has 29 heavy (non-hydrogen) atoms. The molecule has 1 aromatic heterocycles. The molecule has 0 radical (unpaired) electrons. The van der Waals surface area contributed by atoms with Crippen LogP contribution in [0.25, 0.3) is 27.8 Å². The molecule has 4 nitrogen and oxygen atoms in total. The highest BCUT2D eigenvalue weighted by Gasteiger charge is 2.18. The predicted octanol–water partition coefficient (Wildman–Crippen LogP) is 5.58. The molecular weight excluding hydrogens is 389 g/mol. The Bertz CT molecular complexity index is 1280. The molecule has 0 unspecified atom stereocenters. The van der Waals surface area contributed by atoms with Crippen LogP contribution in [0, 0.1) is 17.1 Å². The maximum absolute atomic E-state index is 14.6. The Hall–Kier alpha value is -3.20. The third kappa shape index (κ3) is 3.49. The first-order chi connectivity index (χ1) is 13.8. The van der Waals surface area contributed by atoms with Gasteiger partial charge < -0.3 is 5.11 Å². The van der Waals surface area contributed by atoms with Crippen LogP contribution in [0.1, 0.15) is 25.0 Å². The van der Waals surface area contributed by atoms with Crippen LogP contribution in [0.4, 0.5) is 4.39 Å². The summed E-state index contributed by atoms with van der Waals surface area (Å²) in [5, 5.41) is 19.7. The number of fused-ring (bicyclic) bond motifs is 1. The van der Waals surface area contributed by atoms with Crippen molar-refractivity contribution in [1.29, 1.82) is 5.26 Å². The summed E-state index contributed by atoms with van der Waals surface area (Å²) < 4.78 is 16.5. The molecule has 0 aliphatic carbocycles. The number of hydrogen-bond donors (Lipinski definition) is 1. The summed E-state index contributed by atoms with van der Waals surface area (Å²) in [6, 6.07) is 17.1. The molecule has 3 aromatic carbocycles. The van der Waals surface area contributed by atoms with Gasteiger partial charge in [-0.1, -0.05) is 17.7 Å². The summed E-state index contributed by atoms with van der Waals surface area (Å²) in [5.41, 5.74) is 3.21. The fourth-order valence-corrected chi connectivity index (χ4v) is 3.49. The Morgan fingerprint density at radius 3 is 2.59 bits per heavy atom. The van der Waals surface area contributed by atoms with E-state index in [2.05, 4.69) is 11.1 Å². The van der Waals surface area contributed by atoms with Crippen molar-refractivity contribution in [1.82, 2.24) is 9.55 Å². The van der Waals surface area contributed by atoms with Crippen molar-refractivity contribution in [2.75, 3.05) is 0 Å². The van der Waals surface area contributed by atoms with Gasteiger partial charge in [0.05, 0.1) is 28.3 Å². The molecule has 0 spiro atoms. The van der Waals surface area contributed by atoms with Gasteiger partial charge in [-0.05, 0) is 67.9 Å². The first-order valence-corrected chi connectivity index (χ1v) is 9.35. The minimum absolute atomic E-state index is 0.305. The van der Waals surface area contributed by atoms with Crippen LogP contribution >= 0.6 is 11.6 Å². The zero-order valence-corrected chi connectivity index (χ0v) is 16.6. The number of nitriles is 1. The third-order valence-corrected chi connectivity index (χ3v) is 5.20. The van der Waals surface area contributed by atoms with Gasteiger partial charge in [0.25, 0.3) is 0 Å². The van der Waals surface area contributed by atoms with E-state index in [1.165, 1.54) is 6.07 Å². The van der Waals surface area contributed by atoms with Gasteiger partial charge in [-0.3, -0.25) is 4.57 Å². The smallest absolute Gasteiger partial charge is 0.131 e. The molecule has 0 saturated heterocycles. The largest absolute Gasteiger partial charge is 0.386 e. The molecule has 0 saturated carbocycles. The van der Waals surface area contributed by atoms with Crippen molar-refractivity contribution in [2.45, 2.75) is 19.4 Å².